The molecule has 0 unspecified atom stereocenters. The summed E-state index contributed by atoms with van der Waals surface area (Å²) in [6.07, 6.45) is 1.86. The van der Waals surface area contributed by atoms with E-state index in [2.05, 4.69) is 40.6 Å². The number of nitrogens with zero attached hydrogens (tertiary/aromatic N) is 2. The molecule has 1 aromatic heterocycles. The number of hydrogen-bond donors (Lipinski definition) is 0. The van der Waals surface area contributed by atoms with E-state index in [1.807, 2.05) is 0 Å². The highest BCUT2D eigenvalue weighted by atomic mass is 79.9. The Morgan fingerprint density at radius 1 is 1.38 bits per heavy atom. The van der Waals surface area contributed by atoms with Crippen LogP contribution in [0.1, 0.15) is 11.4 Å². The third-order valence-electron chi connectivity index (χ3n) is 1.62. The van der Waals surface area contributed by atoms with Gasteiger partial charge in [-0.15, -0.1) is 0 Å². The molecule has 2 rings (SSSR count). The summed E-state index contributed by atoms with van der Waals surface area (Å²) in [5.74, 6) is -0.281. The Kier molecular flexibility index (Phi) is 2.62. The molecule has 0 atom stereocenters. The van der Waals surface area contributed by atoms with Gasteiger partial charge in [-0.1, -0.05) is 15.9 Å². The number of fused-ring (bicyclic) bond motifs is 1. The second-order valence-corrected chi connectivity index (χ2v) is 4.82. The Balaban J connectivity index is 2.57. The molecule has 0 spiro atoms. The Bertz CT molecular complexity index is 410. The molecule has 0 aromatic carbocycles. The largest absolute Gasteiger partial charge is 0.206 e. The van der Waals surface area contributed by atoms with Crippen molar-refractivity contribution in [3.63, 3.8) is 0 Å². The summed E-state index contributed by atoms with van der Waals surface area (Å²) in [6, 6.07) is 0. The minimum atomic E-state index is -0.281. The van der Waals surface area contributed by atoms with Gasteiger partial charge in [-0.3, -0.25) is 0 Å². The summed E-state index contributed by atoms with van der Waals surface area (Å²) in [5, 5.41) is 0. The summed E-state index contributed by atoms with van der Waals surface area (Å²) in [7, 11) is 0. The van der Waals surface area contributed by atoms with Crippen LogP contribution in [0.2, 0.25) is 0 Å². The van der Waals surface area contributed by atoms with E-state index < -0.39 is 0 Å². The molecule has 0 aliphatic heterocycles. The van der Waals surface area contributed by atoms with Gasteiger partial charge in [0.1, 0.15) is 11.5 Å². The molecule has 0 radical (unpaired) electrons. The van der Waals surface area contributed by atoms with E-state index in [-0.39, 0.29) is 5.83 Å². The molecule has 2 nitrogen and oxygen atoms in total. The molecule has 13 heavy (non-hydrogen) atoms. The predicted octanol–water partition coefficient (Wildman–Crippen LogP) is 3.41. The van der Waals surface area contributed by atoms with E-state index >= 15 is 0 Å². The molecular weight excluding hydrogens is 323 g/mol. The molecule has 0 saturated heterocycles. The zero-order valence-electron chi connectivity index (χ0n) is 6.22. The molecule has 0 bridgehead atoms. The lowest BCUT2D eigenvalue weighted by Crippen LogP contribution is -1.87. The zero-order chi connectivity index (χ0) is 9.42. The highest BCUT2D eigenvalue weighted by Gasteiger charge is 2.18. The van der Waals surface area contributed by atoms with Gasteiger partial charge in [0.25, 0.3) is 0 Å². The average molecular weight is 326 g/mol. The fourth-order valence-electron chi connectivity index (χ4n) is 0.993. The second kappa shape index (κ2) is 3.59. The van der Waals surface area contributed by atoms with Crippen LogP contribution in [0.3, 0.4) is 0 Å². The van der Waals surface area contributed by atoms with Gasteiger partial charge in [0, 0.05) is 15.4 Å². The van der Waals surface area contributed by atoms with E-state index in [0.29, 0.717) is 15.4 Å². The summed E-state index contributed by atoms with van der Waals surface area (Å²) >= 11 is 7.55. The fraction of sp³-hybridized carbons (Fsp3) is 0.143. The van der Waals surface area contributed by atoms with Crippen LogP contribution >= 0.6 is 43.6 Å². The van der Waals surface area contributed by atoms with Crippen molar-refractivity contribution in [1.82, 2.24) is 8.75 Å². The van der Waals surface area contributed by atoms with Crippen molar-refractivity contribution in [2.45, 2.75) is 6.42 Å². The van der Waals surface area contributed by atoms with Gasteiger partial charge >= 0.3 is 0 Å². The molecule has 1 heterocycles. The molecule has 1 aromatic rings. The molecule has 1 aliphatic carbocycles. The monoisotopic (exact) mass is 324 g/mol. The first kappa shape index (κ1) is 9.48. The molecule has 0 amide bonds. The lowest BCUT2D eigenvalue weighted by atomic mass is 10.2. The van der Waals surface area contributed by atoms with Gasteiger partial charge in [0.15, 0.2) is 0 Å². The molecule has 1 aliphatic rings. The van der Waals surface area contributed by atoms with Crippen LogP contribution in [0.25, 0.3) is 4.48 Å². The number of hydrogen-bond acceptors (Lipinski definition) is 3. The van der Waals surface area contributed by atoms with Gasteiger partial charge in [-0.25, -0.2) is 4.39 Å². The van der Waals surface area contributed by atoms with Gasteiger partial charge in [0.2, 0.25) is 0 Å². The summed E-state index contributed by atoms with van der Waals surface area (Å²) in [5.41, 5.74) is 1.53. The van der Waals surface area contributed by atoms with E-state index in [1.165, 1.54) is 6.08 Å². The zero-order valence-corrected chi connectivity index (χ0v) is 10.2. The quantitative estimate of drug-likeness (QED) is 0.730. The van der Waals surface area contributed by atoms with Gasteiger partial charge in [0.05, 0.1) is 17.4 Å². The first-order valence-corrected chi connectivity index (χ1v) is 5.73. The third kappa shape index (κ3) is 1.75. The van der Waals surface area contributed by atoms with Crippen molar-refractivity contribution in [2.75, 3.05) is 0 Å². The van der Waals surface area contributed by atoms with Gasteiger partial charge < -0.3 is 0 Å². The molecule has 0 N–H and O–H groups in total. The smallest absolute Gasteiger partial charge is 0.134 e. The van der Waals surface area contributed by atoms with Crippen LogP contribution in [0.4, 0.5) is 4.39 Å². The number of allylic oxidation sites excluding steroid dienone is 3. The topological polar surface area (TPSA) is 25.8 Å². The van der Waals surface area contributed by atoms with E-state index in [0.717, 1.165) is 23.1 Å². The summed E-state index contributed by atoms with van der Waals surface area (Å²) in [4.78, 5) is 0. The van der Waals surface area contributed by atoms with Crippen LogP contribution < -0.4 is 0 Å². The van der Waals surface area contributed by atoms with E-state index in [1.54, 1.807) is 0 Å². The van der Waals surface area contributed by atoms with Crippen molar-refractivity contribution in [2.24, 2.45) is 0 Å². The highest BCUT2D eigenvalue weighted by Crippen LogP contribution is 2.33. The minimum Gasteiger partial charge on any atom is -0.206 e. The van der Waals surface area contributed by atoms with Gasteiger partial charge in [-0.05, 0) is 22.0 Å². The van der Waals surface area contributed by atoms with Crippen LogP contribution in [-0.2, 0) is 6.42 Å². The number of rotatable bonds is 0. The maximum Gasteiger partial charge on any atom is 0.134 e. The molecular formula is C7H3Br2FN2S. The molecule has 0 fully saturated rings. The number of halogens is 3. The molecule has 0 saturated carbocycles. The average Bonchev–Trinajstić information content (AvgIpc) is 2.48. The second-order valence-electron chi connectivity index (χ2n) is 2.48. The Morgan fingerprint density at radius 2 is 2.15 bits per heavy atom. The maximum absolute atomic E-state index is 13.2. The Hall–Kier alpha value is -0.0700. The van der Waals surface area contributed by atoms with Crippen LogP contribution in [-0.4, -0.2) is 8.75 Å². The Morgan fingerprint density at radius 3 is 2.92 bits per heavy atom. The van der Waals surface area contributed by atoms with Crippen molar-refractivity contribution in [1.29, 1.82) is 0 Å². The summed E-state index contributed by atoms with van der Waals surface area (Å²) < 4.78 is 22.5. The Labute approximate surface area is 95.1 Å². The fourth-order valence-corrected chi connectivity index (χ4v) is 2.58. The van der Waals surface area contributed by atoms with Crippen molar-refractivity contribution < 1.29 is 4.39 Å². The number of aromatic nitrogens is 2. The third-order valence-corrected chi connectivity index (χ3v) is 3.45. The maximum atomic E-state index is 13.2. The molecule has 68 valence electrons. The van der Waals surface area contributed by atoms with E-state index in [9.17, 15) is 4.39 Å². The van der Waals surface area contributed by atoms with Crippen LogP contribution in [0.5, 0.6) is 0 Å². The highest BCUT2D eigenvalue weighted by molar-refractivity contribution is 9.15. The van der Waals surface area contributed by atoms with Crippen LogP contribution in [0.15, 0.2) is 16.4 Å². The lowest BCUT2D eigenvalue weighted by molar-refractivity contribution is 0.661. The standard InChI is InChI=1S/C7H3Br2FN2S/c8-3-2-6-7(12-13-11-6)4(9)1-5(3)10/h1H,2H2. The van der Waals surface area contributed by atoms with E-state index in [4.69, 9.17) is 0 Å². The van der Waals surface area contributed by atoms with Crippen LogP contribution in [0, 0.1) is 0 Å². The van der Waals surface area contributed by atoms with Crippen molar-refractivity contribution in [3.05, 3.63) is 27.8 Å². The molecule has 6 heteroatoms. The summed E-state index contributed by atoms with van der Waals surface area (Å²) in [6.45, 7) is 0. The van der Waals surface area contributed by atoms with Crippen molar-refractivity contribution in [3.8, 4) is 0 Å². The minimum absolute atomic E-state index is 0.281. The normalized spacial score (nSPS) is 16.7. The van der Waals surface area contributed by atoms with Gasteiger partial charge in [-0.2, -0.15) is 8.75 Å². The SMILES string of the molecule is FC1=C(Br)Cc2nsnc2C(Br)=C1. The first-order valence-electron chi connectivity index (χ1n) is 3.41. The predicted molar refractivity (Wildman–Crippen MR) is 57.6 cm³/mol. The first-order chi connectivity index (χ1) is 6.18. The lowest BCUT2D eigenvalue weighted by Gasteiger charge is -1.93. The van der Waals surface area contributed by atoms with Crippen molar-refractivity contribution >= 4 is 48.1 Å².